The van der Waals surface area contributed by atoms with Gasteiger partial charge in [0.2, 0.25) is 5.91 Å². The minimum Gasteiger partial charge on any atom is -0.328 e. The summed E-state index contributed by atoms with van der Waals surface area (Å²) in [6, 6.07) is 1.96. The van der Waals surface area contributed by atoms with Crippen molar-refractivity contribution < 1.29 is 4.79 Å². The number of imidazole rings is 1. The summed E-state index contributed by atoms with van der Waals surface area (Å²) < 4.78 is 1.80. The van der Waals surface area contributed by atoms with Gasteiger partial charge in [-0.1, -0.05) is 0 Å². The van der Waals surface area contributed by atoms with E-state index >= 15 is 0 Å². The van der Waals surface area contributed by atoms with E-state index in [1.54, 1.807) is 23.3 Å². The van der Waals surface area contributed by atoms with E-state index in [-0.39, 0.29) is 5.91 Å². The van der Waals surface area contributed by atoms with Crippen LogP contribution in [0.3, 0.4) is 0 Å². The fourth-order valence-corrected chi connectivity index (χ4v) is 3.18. The average molecular weight is 299 g/mol. The predicted molar refractivity (Wildman–Crippen MR) is 82.0 cm³/mol. The molecule has 0 spiro atoms. The first-order chi connectivity index (χ1) is 10.5. The molecule has 1 aliphatic rings. The maximum Gasteiger partial charge on any atom is 0.243 e. The third-order valence-corrected chi connectivity index (χ3v) is 4.28. The third kappa shape index (κ3) is 2.61. The van der Waals surface area contributed by atoms with Gasteiger partial charge in [0, 0.05) is 30.3 Å². The van der Waals surface area contributed by atoms with Crippen LogP contribution in [0, 0.1) is 13.8 Å². The van der Waals surface area contributed by atoms with Crippen LogP contribution >= 0.6 is 0 Å². The van der Waals surface area contributed by atoms with Gasteiger partial charge in [0.1, 0.15) is 6.54 Å². The zero-order valence-corrected chi connectivity index (χ0v) is 13.3. The minimum absolute atomic E-state index is 0.0840. The van der Waals surface area contributed by atoms with Crippen LogP contribution in [0.2, 0.25) is 0 Å². The van der Waals surface area contributed by atoms with Gasteiger partial charge in [-0.3, -0.25) is 4.79 Å². The summed E-state index contributed by atoms with van der Waals surface area (Å²) in [7, 11) is 0. The molecule has 3 rings (SSSR count). The Morgan fingerprint density at radius 1 is 1.32 bits per heavy atom. The summed E-state index contributed by atoms with van der Waals surface area (Å²) in [6.45, 7) is 7.06. The number of carbonyl (C=O) groups excluding carboxylic acids is 1. The molecule has 22 heavy (non-hydrogen) atoms. The Morgan fingerprint density at radius 2 is 2.05 bits per heavy atom. The van der Waals surface area contributed by atoms with E-state index in [2.05, 4.69) is 21.9 Å². The van der Waals surface area contributed by atoms with E-state index in [1.165, 1.54) is 0 Å². The highest BCUT2D eigenvalue weighted by atomic mass is 16.2. The Morgan fingerprint density at radius 3 is 2.68 bits per heavy atom. The topological polar surface area (TPSA) is 63.9 Å². The van der Waals surface area contributed by atoms with E-state index in [1.807, 2.05) is 24.8 Å². The van der Waals surface area contributed by atoms with Crippen molar-refractivity contribution in [2.45, 2.75) is 45.7 Å². The first kappa shape index (κ1) is 14.7. The van der Waals surface area contributed by atoms with Gasteiger partial charge in [-0.2, -0.15) is 0 Å². The molecule has 1 atom stereocenters. The van der Waals surface area contributed by atoms with Crippen LogP contribution < -0.4 is 0 Å². The summed E-state index contributed by atoms with van der Waals surface area (Å²) >= 11 is 0. The second-order valence-electron chi connectivity index (χ2n) is 6.13. The molecule has 6 heteroatoms. The average Bonchev–Trinajstić information content (AvgIpc) is 3.07. The molecule has 0 radical (unpaired) electrons. The van der Waals surface area contributed by atoms with Crippen molar-refractivity contribution in [2.75, 3.05) is 6.54 Å². The number of carbonyl (C=O) groups is 1. The van der Waals surface area contributed by atoms with Gasteiger partial charge < -0.3 is 9.47 Å². The number of likely N-dealkylation sites (tertiary alicyclic amines) is 1. The maximum atomic E-state index is 12.7. The molecule has 0 N–H and O–H groups in total. The van der Waals surface area contributed by atoms with Gasteiger partial charge in [-0.05, 0) is 39.7 Å². The standard InChI is InChI=1S/C16H21N5O/c1-12-9-13(2)19-15(18-12)16(3)5-4-7-21(16)14(22)10-20-8-6-17-11-20/h6,8-9,11H,4-5,7,10H2,1-3H3/t16-/m0/s1. The summed E-state index contributed by atoms with van der Waals surface area (Å²) in [5.74, 6) is 0.835. The number of aryl methyl sites for hydroxylation is 2. The van der Waals surface area contributed by atoms with Crippen LogP contribution in [0.1, 0.15) is 37.0 Å². The number of hydrogen-bond acceptors (Lipinski definition) is 4. The SMILES string of the molecule is Cc1cc(C)nc([C@]2(C)CCCN2C(=O)Cn2ccnc2)n1. The van der Waals surface area contributed by atoms with Crippen molar-refractivity contribution in [3.05, 3.63) is 42.0 Å². The number of hydrogen-bond donors (Lipinski definition) is 0. The summed E-state index contributed by atoms with van der Waals surface area (Å²) in [5, 5.41) is 0. The zero-order chi connectivity index (χ0) is 15.7. The van der Waals surface area contributed by atoms with Crippen molar-refractivity contribution in [1.29, 1.82) is 0 Å². The van der Waals surface area contributed by atoms with Gasteiger partial charge in [0.05, 0.1) is 11.9 Å². The van der Waals surface area contributed by atoms with Gasteiger partial charge >= 0.3 is 0 Å². The van der Waals surface area contributed by atoms with E-state index in [0.29, 0.717) is 6.54 Å². The summed E-state index contributed by atoms with van der Waals surface area (Å²) in [5.41, 5.74) is 1.46. The highest BCUT2D eigenvalue weighted by molar-refractivity contribution is 5.77. The molecule has 1 fully saturated rings. The number of rotatable bonds is 3. The molecule has 0 aromatic carbocycles. The Balaban J connectivity index is 1.89. The highest BCUT2D eigenvalue weighted by Gasteiger charge is 2.43. The predicted octanol–water partition coefficient (Wildman–Crippen LogP) is 1.83. The van der Waals surface area contributed by atoms with Crippen LogP contribution in [0.5, 0.6) is 0 Å². The van der Waals surface area contributed by atoms with Crippen molar-refractivity contribution in [3.63, 3.8) is 0 Å². The number of amides is 1. The molecule has 1 amide bonds. The van der Waals surface area contributed by atoms with E-state index in [4.69, 9.17) is 0 Å². The van der Waals surface area contributed by atoms with Crippen LogP contribution in [0.4, 0.5) is 0 Å². The second kappa shape index (κ2) is 5.51. The van der Waals surface area contributed by atoms with Crippen molar-refractivity contribution >= 4 is 5.91 Å². The number of nitrogens with zero attached hydrogens (tertiary/aromatic N) is 5. The first-order valence-corrected chi connectivity index (χ1v) is 7.58. The van der Waals surface area contributed by atoms with Gasteiger partial charge in [0.15, 0.2) is 5.82 Å². The fourth-order valence-electron chi connectivity index (χ4n) is 3.18. The fraction of sp³-hybridized carbons (Fsp3) is 0.500. The van der Waals surface area contributed by atoms with Crippen molar-refractivity contribution in [1.82, 2.24) is 24.4 Å². The quantitative estimate of drug-likeness (QED) is 0.867. The molecular formula is C16H21N5O. The van der Waals surface area contributed by atoms with Gasteiger partial charge in [-0.15, -0.1) is 0 Å². The molecule has 3 heterocycles. The monoisotopic (exact) mass is 299 g/mol. The van der Waals surface area contributed by atoms with Gasteiger partial charge in [-0.25, -0.2) is 15.0 Å². The minimum atomic E-state index is -0.422. The molecule has 1 saturated heterocycles. The molecule has 1 aliphatic heterocycles. The lowest BCUT2D eigenvalue weighted by atomic mass is 9.97. The van der Waals surface area contributed by atoms with E-state index in [0.717, 1.165) is 36.6 Å². The largest absolute Gasteiger partial charge is 0.328 e. The van der Waals surface area contributed by atoms with Crippen molar-refractivity contribution in [2.24, 2.45) is 0 Å². The number of aromatic nitrogens is 4. The molecule has 6 nitrogen and oxygen atoms in total. The zero-order valence-electron chi connectivity index (χ0n) is 13.3. The van der Waals surface area contributed by atoms with Crippen LogP contribution in [0.15, 0.2) is 24.8 Å². The van der Waals surface area contributed by atoms with E-state index in [9.17, 15) is 4.79 Å². The third-order valence-electron chi connectivity index (χ3n) is 4.28. The molecule has 116 valence electrons. The molecule has 0 saturated carbocycles. The Labute approximate surface area is 130 Å². The molecule has 2 aromatic rings. The second-order valence-corrected chi connectivity index (χ2v) is 6.13. The Bertz CT molecular complexity index is 662. The van der Waals surface area contributed by atoms with Crippen molar-refractivity contribution in [3.8, 4) is 0 Å². The summed E-state index contributed by atoms with van der Waals surface area (Å²) in [4.78, 5) is 27.8. The highest BCUT2D eigenvalue weighted by Crippen LogP contribution is 2.37. The molecular weight excluding hydrogens is 278 g/mol. The lowest BCUT2D eigenvalue weighted by molar-refractivity contribution is -0.136. The smallest absolute Gasteiger partial charge is 0.243 e. The molecule has 0 unspecified atom stereocenters. The van der Waals surface area contributed by atoms with Gasteiger partial charge in [0.25, 0.3) is 0 Å². The summed E-state index contributed by atoms with van der Waals surface area (Å²) in [6.07, 6.45) is 7.02. The van der Waals surface area contributed by atoms with Crippen LogP contribution in [-0.2, 0) is 16.9 Å². The first-order valence-electron chi connectivity index (χ1n) is 7.58. The Hall–Kier alpha value is -2.24. The van der Waals surface area contributed by atoms with E-state index < -0.39 is 5.54 Å². The lowest BCUT2D eigenvalue weighted by Gasteiger charge is -2.34. The molecule has 0 bridgehead atoms. The molecule has 0 aliphatic carbocycles. The Kier molecular flexibility index (Phi) is 3.68. The van der Waals surface area contributed by atoms with Crippen LogP contribution in [-0.4, -0.2) is 36.9 Å². The van der Waals surface area contributed by atoms with Crippen LogP contribution in [0.25, 0.3) is 0 Å². The lowest BCUT2D eigenvalue weighted by Crippen LogP contribution is -2.45. The molecule has 2 aromatic heterocycles. The maximum absolute atomic E-state index is 12.7. The normalized spacial score (nSPS) is 21.3.